The van der Waals surface area contributed by atoms with Crippen molar-refractivity contribution in [2.24, 2.45) is 0 Å². The first-order valence-corrected chi connectivity index (χ1v) is 6.79. The van der Waals surface area contributed by atoms with E-state index in [1.165, 1.54) is 0 Å². The summed E-state index contributed by atoms with van der Waals surface area (Å²) in [5, 5.41) is 0. The zero-order valence-electron chi connectivity index (χ0n) is 12.2. The van der Waals surface area contributed by atoms with Crippen LogP contribution in [0, 0.1) is 0 Å². The van der Waals surface area contributed by atoms with Crippen molar-refractivity contribution >= 4 is 17.9 Å². The summed E-state index contributed by atoms with van der Waals surface area (Å²) in [7, 11) is 3.90. The summed E-state index contributed by atoms with van der Waals surface area (Å²) < 4.78 is 5.00. The molecule has 0 spiro atoms. The fraction of sp³-hybridized carbons (Fsp3) is 0.615. The molecule has 0 aromatic carbocycles. The second kappa shape index (κ2) is 6.40. The lowest BCUT2D eigenvalue weighted by molar-refractivity contribution is 0.105. The molecule has 1 aromatic rings. The molecule has 1 aromatic heterocycles. The number of carbonyl (C=O) groups excluding carboxylic acids is 1. The predicted octanol–water partition coefficient (Wildman–Crippen LogP) is 0.821. The minimum absolute atomic E-state index is 0.241. The van der Waals surface area contributed by atoms with Crippen LogP contribution in [-0.4, -0.2) is 67.8 Å². The Kier molecular flexibility index (Phi) is 4.60. The van der Waals surface area contributed by atoms with Gasteiger partial charge in [0, 0.05) is 46.5 Å². The summed E-state index contributed by atoms with van der Waals surface area (Å²) in [4.78, 5) is 26.2. The van der Waals surface area contributed by atoms with Crippen molar-refractivity contribution in [1.29, 1.82) is 0 Å². The maximum absolute atomic E-state index is 11.6. The van der Waals surface area contributed by atoms with Gasteiger partial charge in [-0.3, -0.25) is 0 Å². The minimum Gasteiger partial charge on any atom is -0.450 e. The molecule has 1 fully saturated rings. The van der Waals surface area contributed by atoms with Gasteiger partial charge in [0.2, 0.25) is 5.95 Å². The van der Waals surface area contributed by atoms with Gasteiger partial charge in [0.1, 0.15) is 5.82 Å². The number of rotatable bonds is 3. The lowest BCUT2D eigenvalue weighted by Gasteiger charge is -2.34. The van der Waals surface area contributed by atoms with Crippen LogP contribution in [0.1, 0.15) is 6.92 Å². The van der Waals surface area contributed by atoms with Crippen molar-refractivity contribution in [3.05, 3.63) is 12.3 Å². The number of aromatic nitrogens is 2. The highest BCUT2D eigenvalue weighted by Crippen LogP contribution is 2.15. The molecule has 0 aliphatic carbocycles. The zero-order chi connectivity index (χ0) is 14.5. The van der Waals surface area contributed by atoms with Crippen molar-refractivity contribution in [3.63, 3.8) is 0 Å². The Morgan fingerprint density at radius 1 is 1.35 bits per heavy atom. The first-order valence-electron chi connectivity index (χ1n) is 6.79. The van der Waals surface area contributed by atoms with Crippen LogP contribution in [0.15, 0.2) is 12.3 Å². The van der Waals surface area contributed by atoms with Crippen LogP contribution in [0.5, 0.6) is 0 Å². The summed E-state index contributed by atoms with van der Waals surface area (Å²) in [6.45, 7) is 4.93. The van der Waals surface area contributed by atoms with E-state index >= 15 is 0 Å². The maximum atomic E-state index is 11.6. The van der Waals surface area contributed by atoms with Crippen LogP contribution in [-0.2, 0) is 4.74 Å². The number of carbonyl (C=O) groups is 1. The number of ether oxygens (including phenoxy) is 1. The number of anilines is 2. The third-order valence-electron chi connectivity index (χ3n) is 3.17. The van der Waals surface area contributed by atoms with Crippen molar-refractivity contribution in [1.82, 2.24) is 14.9 Å². The number of hydrogen-bond donors (Lipinski definition) is 0. The van der Waals surface area contributed by atoms with E-state index in [0.29, 0.717) is 25.6 Å². The van der Waals surface area contributed by atoms with E-state index in [1.807, 2.05) is 32.0 Å². The van der Waals surface area contributed by atoms with E-state index in [2.05, 4.69) is 14.9 Å². The molecule has 0 radical (unpaired) electrons. The summed E-state index contributed by atoms with van der Waals surface area (Å²) in [5.41, 5.74) is 0. The van der Waals surface area contributed by atoms with E-state index in [-0.39, 0.29) is 6.09 Å². The van der Waals surface area contributed by atoms with Gasteiger partial charge in [-0.15, -0.1) is 0 Å². The van der Waals surface area contributed by atoms with Crippen molar-refractivity contribution in [2.75, 3.05) is 56.7 Å². The molecule has 7 nitrogen and oxygen atoms in total. The lowest BCUT2D eigenvalue weighted by atomic mass is 10.3. The second-order valence-electron chi connectivity index (χ2n) is 4.78. The molecule has 0 unspecified atom stereocenters. The highest BCUT2D eigenvalue weighted by Gasteiger charge is 2.23. The van der Waals surface area contributed by atoms with Crippen molar-refractivity contribution in [3.8, 4) is 0 Å². The van der Waals surface area contributed by atoms with E-state index in [4.69, 9.17) is 4.74 Å². The fourth-order valence-corrected chi connectivity index (χ4v) is 2.04. The molecule has 2 heterocycles. The van der Waals surface area contributed by atoms with E-state index in [0.717, 1.165) is 18.9 Å². The molecule has 1 saturated heterocycles. The number of amides is 1. The van der Waals surface area contributed by atoms with Gasteiger partial charge in [-0.25, -0.2) is 9.78 Å². The summed E-state index contributed by atoms with van der Waals surface area (Å²) >= 11 is 0. The van der Waals surface area contributed by atoms with Gasteiger partial charge < -0.3 is 19.4 Å². The van der Waals surface area contributed by atoms with Gasteiger partial charge in [-0.2, -0.15) is 4.98 Å². The SMILES string of the molecule is CCOC(=O)N1CCN(c2nccc(N(C)C)n2)CC1. The van der Waals surface area contributed by atoms with Gasteiger partial charge >= 0.3 is 6.09 Å². The summed E-state index contributed by atoms with van der Waals surface area (Å²) in [6, 6.07) is 1.87. The molecular formula is C13H21N5O2. The fourth-order valence-electron chi connectivity index (χ4n) is 2.04. The number of hydrogen-bond acceptors (Lipinski definition) is 6. The van der Waals surface area contributed by atoms with Gasteiger partial charge in [0.25, 0.3) is 0 Å². The average Bonchev–Trinajstić information content (AvgIpc) is 2.48. The smallest absolute Gasteiger partial charge is 0.409 e. The topological polar surface area (TPSA) is 61.8 Å². The van der Waals surface area contributed by atoms with Gasteiger partial charge in [-0.05, 0) is 13.0 Å². The van der Waals surface area contributed by atoms with E-state index in [1.54, 1.807) is 11.1 Å². The van der Waals surface area contributed by atoms with Crippen LogP contribution in [0.25, 0.3) is 0 Å². The minimum atomic E-state index is -0.241. The Balaban J connectivity index is 1.97. The molecular weight excluding hydrogens is 258 g/mol. The van der Waals surface area contributed by atoms with E-state index < -0.39 is 0 Å². The molecule has 7 heteroatoms. The monoisotopic (exact) mass is 279 g/mol. The van der Waals surface area contributed by atoms with Crippen LogP contribution in [0.4, 0.5) is 16.6 Å². The van der Waals surface area contributed by atoms with Crippen molar-refractivity contribution in [2.45, 2.75) is 6.92 Å². The normalized spacial score (nSPS) is 15.2. The van der Waals surface area contributed by atoms with Gasteiger partial charge in [0.05, 0.1) is 6.61 Å². The lowest BCUT2D eigenvalue weighted by Crippen LogP contribution is -2.49. The molecule has 1 aliphatic rings. The molecule has 20 heavy (non-hydrogen) atoms. The first kappa shape index (κ1) is 14.4. The molecule has 1 amide bonds. The zero-order valence-corrected chi connectivity index (χ0v) is 12.2. The van der Waals surface area contributed by atoms with Crippen LogP contribution in [0.2, 0.25) is 0 Å². The van der Waals surface area contributed by atoms with Crippen LogP contribution >= 0.6 is 0 Å². The van der Waals surface area contributed by atoms with Gasteiger partial charge in [-0.1, -0.05) is 0 Å². The molecule has 0 saturated carbocycles. The Labute approximate surface area is 119 Å². The summed E-state index contributed by atoms with van der Waals surface area (Å²) in [6.07, 6.45) is 1.52. The third kappa shape index (κ3) is 3.28. The molecule has 0 bridgehead atoms. The Morgan fingerprint density at radius 3 is 2.65 bits per heavy atom. The third-order valence-corrected chi connectivity index (χ3v) is 3.17. The Bertz CT molecular complexity index is 458. The first-order chi connectivity index (χ1) is 9.61. The van der Waals surface area contributed by atoms with Crippen LogP contribution < -0.4 is 9.80 Å². The molecule has 110 valence electrons. The molecule has 1 aliphatic heterocycles. The highest BCUT2D eigenvalue weighted by atomic mass is 16.6. The molecule has 0 atom stereocenters. The summed E-state index contributed by atoms with van der Waals surface area (Å²) in [5.74, 6) is 1.59. The predicted molar refractivity (Wildman–Crippen MR) is 77.2 cm³/mol. The van der Waals surface area contributed by atoms with Crippen LogP contribution in [0.3, 0.4) is 0 Å². The Hall–Kier alpha value is -2.05. The van der Waals surface area contributed by atoms with Crippen molar-refractivity contribution < 1.29 is 9.53 Å². The second-order valence-corrected chi connectivity index (χ2v) is 4.78. The standard InChI is InChI=1S/C13H21N5O2/c1-4-20-13(19)18-9-7-17(8-10-18)12-14-6-5-11(15-12)16(2)3/h5-6H,4,7-10H2,1-3H3. The molecule has 0 N–H and O–H groups in total. The quantitative estimate of drug-likeness (QED) is 0.816. The largest absolute Gasteiger partial charge is 0.450 e. The Morgan fingerprint density at radius 2 is 2.05 bits per heavy atom. The average molecular weight is 279 g/mol. The van der Waals surface area contributed by atoms with Gasteiger partial charge in [0.15, 0.2) is 0 Å². The molecule has 2 rings (SSSR count). The maximum Gasteiger partial charge on any atom is 0.409 e. The highest BCUT2D eigenvalue weighted by molar-refractivity contribution is 5.68. The number of piperazine rings is 1. The number of nitrogens with zero attached hydrogens (tertiary/aromatic N) is 5. The van der Waals surface area contributed by atoms with E-state index in [9.17, 15) is 4.79 Å².